The van der Waals surface area contributed by atoms with Gasteiger partial charge in [-0.3, -0.25) is 4.79 Å². The number of methoxy groups -OCH3 is 1. The molecule has 1 aliphatic rings. The van der Waals surface area contributed by atoms with Crippen LogP contribution in [0.1, 0.15) is 43.0 Å². The number of carbonyl (C=O) groups is 1. The predicted octanol–water partition coefficient (Wildman–Crippen LogP) is 3.70. The lowest BCUT2D eigenvalue weighted by molar-refractivity contribution is 0.0868. The number of hydrogen-bond donors (Lipinski definition) is 0. The summed E-state index contributed by atoms with van der Waals surface area (Å²) in [7, 11) is 1.64. The third kappa shape index (κ3) is 2.87. The fourth-order valence-corrected chi connectivity index (χ4v) is 2.66. The summed E-state index contributed by atoms with van der Waals surface area (Å²) in [6, 6.07) is 7.47. The Balaban J connectivity index is 2.07. The van der Waals surface area contributed by atoms with Gasteiger partial charge in [0.2, 0.25) is 0 Å². The van der Waals surface area contributed by atoms with Crippen molar-refractivity contribution < 1.29 is 9.53 Å². The molecule has 2 unspecified atom stereocenters. The molecule has 0 aromatic heterocycles. The molecule has 2 rings (SSSR count). The fraction of sp³-hybridized carbons (Fsp3) is 0.533. The van der Waals surface area contributed by atoms with Gasteiger partial charge < -0.3 is 4.74 Å². The molecule has 0 aliphatic heterocycles. The van der Waals surface area contributed by atoms with Gasteiger partial charge in [0.1, 0.15) is 5.75 Å². The van der Waals surface area contributed by atoms with Crippen molar-refractivity contribution in [3.8, 4) is 5.75 Å². The molecular formula is C15H20O2. The molecule has 1 fully saturated rings. The van der Waals surface area contributed by atoms with Gasteiger partial charge in [-0.1, -0.05) is 19.8 Å². The maximum atomic E-state index is 12.3. The Kier molecular flexibility index (Phi) is 3.82. The van der Waals surface area contributed by atoms with Crippen LogP contribution in [-0.2, 0) is 0 Å². The molecule has 2 heteroatoms. The molecule has 2 nitrogen and oxygen atoms in total. The molecule has 1 aromatic rings. The molecule has 2 atom stereocenters. The monoisotopic (exact) mass is 232 g/mol. The Morgan fingerprint density at radius 3 is 2.53 bits per heavy atom. The van der Waals surface area contributed by atoms with Gasteiger partial charge in [0, 0.05) is 11.5 Å². The summed E-state index contributed by atoms with van der Waals surface area (Å²) in [4.78, 5) is 12.3. The van der Waals surface area contributed by atoms with Crippen molar-refractivity contribution in [1.82, 2.24) is 0 Å². The van der Waals surface area contributed by atoms with Gasteiger partial charge in [0.15, 0.2) is 5.78 Å². The topological polar surface area (TPSA) is 26.3 Å². The SMILES string of the molecule is COc1ccc(C(=O)C2CCCC(C)C2)cc1. The van der Waals surface area contributed by atoms with Crippen molar-refractivity contribution in [2.75, 3.05) is 7.11 Å². The van der Waals surface area contributed by atoms with E-state index in [-0.39, 0.29) is 5.92 Å². The zero-order valence-electron chi connectivity index (χ0n) is 10.6. The lowest BCUT2D eigenvalue weighted by Crippen LogP contribution is -2.21. The van der Waals surface area contributed by atoms with Gasteiger partial charge in [-0.05, 0) is 43.0 Å². The third-order valence-electron chi connectivity index (χ3n) is 3.68. The maximum Gasteiger partial charge on any atom is 0.165 e. The minimum absolute atomic E-state index is 0.229. The summed E-state index contributed by atoms with van der Waals surface area (Å²) >= 11 is 0. The number of rotatable bonds is 3. The molecule has 0 spiro atoms. The molecule has 0 amide bonds. The summed E-state index contributed by atoms with van der Waals surface area (Å²) < 4.78 is 5.10. The molecule has 1 saturated carbocycles. The van der Waals surface area contributed by atoms with Gasteiger partial charge in [-0.2, -0.15) is 0 Å². The Morgan fingerprint density at radius 1 is 1.24 bits per heavy atom. The van der Waals surface area contributed by atoms with Gasteiger partial charge >= 0.3 is 0 Å². The van der Waals surface area contributed by atoms with E-state index in [0.717, 1.165) is 24.2 Å². The zero-order valence-corrected chi connectivity index (χ0v) is 10.6. The number of Topliss-reactive ketones (excluding diaryl/α,β-unsaturated/α-hetero) is 1. The smallest absolute Gasteiger partial charge is 0.165 e. The minimum Gasteiger partial charge on any atom is -0.497 e. The fourth-order valence-electron chi connectivity index (χ4n) is 2.66. The number of ether oxygens (including phenoxy) is 1. The number of benzene rings is 1. The van der Waals surface area contributed by atoms with Crippen LogP contribution in [0.3, 0.4) is 0 Å². The molecule has 0 heterocycles. The van der Waals surface area contributed by atoms with E-state index in [1.165, 1.54) is 12.8 Å². The Labute approximate surface area is 103 Å². The molecule has 0 bridgehead atoms. The molecule has 1 aromatic carbocycles. The molecule has 0 N–H and O–H groups in total. The van der Waals surface area contributed by atoms with Crippen LogP contribution in [-0.4, -0.2) is 12.9 Å². The van der Waals surface area contributed by atoms with Crippen molar-refractivity contribution in [2.45, 2.75) is 32.6 Å². The van der Waals surface area contributed by atoms with Crippen LogP contribution < -0.4 is 4.74 Å². The Morgan fingerprint density at radius 2 is 1.94 bits per heavy atom. The van der Waals surface area contributed by atoms with Gasteiger partial charge in [0.25, 0.3) is 0 Å². The summed E-state index contributed by atoms with van der Waals surface area (Å²) in [6.07, 6.45) is 4.56. The first-order valence-corrected chi connectivity index (χ1v) is 6.39. The van der Waals surface area contributed by atoms with Gasteiger partial charge in [-0.15, -0.1) is 0 Å². The summed E-state index contributed by atoms with van der Waals surface area (Å²) in [5, 5.41) is 0. The van der Waals surface area contributed by atoms with Crippen LogP contribution in [0.4, 0.5) is 0 Å². The van der Waals surface area contributed by atoms with Crippen LogP contribution >= 0.6 is 0 Å². The first-order chi connectivity index (χ1) is 8.20. The molecule has 1 aliphatic carbocycles. The van der Waals surface area contributed by atoms with Crippen LogP contribution in [0, 0.1) is 11.8 Å². The average Bonchev–Trinajstić information content (AvgIpc) is 2.38. The number of ketones is 1. The summed E-state index contributed by atoms with van der Waals surface area (Å²) in [5.41, 5.74) is 0.824. The van der Waals surface area contributed by atoms with E-state index in [1.54, 1.807) is 7.11 Å². The Hall–Kier alpha value is -1.31. The second-order valence-electron chi connectivity index (χ2n) is 5.06. The van der Waals surface area contributed by atoms with E-state index in [2.05, 4.69) is 6.92 Å². The first-order valence-electron chi connectivity index (χ1n) is 6.39. The van der Waals surface area contributed by atoms with Crippen molar-refractivity contribution >= 4 is 5.78 Å². The Bertz CT molecular complexity index is 380. The summed E-state index contributed by atoms with van der Waals surface area (Å²) in [5.74, 6) is 2.03. The highest BCUT2D eigenvalue weighted by Gasteiger charge is 2.25. The van der Waals surface area contributed by atoms with Crippen LogP contribution in [0.15, 0.2) is 24.3 Å². The van der Waals surface area contributed by atoms with Crippen molar-refractivity contribution in [1.29, 1.82) is 0 Å². The normalized spacial score (nSPS) is 24.4. The average molecular weight is 232 g/mol. The van der Waals surface area contributed by atoms with E-state index in [1.807, 2.05) is 24.3 Å². The highest BCUT2D eigenvalue weighted by molar-refractivity contribution is 5.98. The number of hydrogen-bond acceptors (Lipinski definition) is 2. The standard InChI is InChI=1S/C15H20O2/c1-11-4-3-5-13(10-11)15(16)12-6-8-14(17-2)9-7-12/h6-9,11,13H,3-5,10H2,1-2H3. The van der Waals surface area contributed by atoms with E-state index in [0.29, 0.717) is 11.7 Å². The summed E-state index contributed by atoms with van der Waals surface area (Å²) in [6.45, 7) is 2.24. The van der Waals surface area contributed by atoms with Gasteiger partial charge in [-0.25, -0.2) is 0 Å². The van der Waals surface area contributed by atoms with E-state index < -0.39 is 0 Å². The number of carbonyl (C=O) groups excluding carboxylic acids is 1. The predicted molar refractivity (Wildman–Crippen MR) is 68.4 cm³/mol. The second kappa shape index (κ2) is 5.35. The maximum absolute atomic E-state index is 12.3. The third-order valence-corrected chi connectivity index (χ3v) is 3.68. The first kappa shape index (κ1) is 12.2. The van der Waals surface area contributed by atoms with E-state index in [4.69, 9.17) is 4.74 Å². The van der Waals surface area contributed by atoms with E-state index >= 15 is 0 Å². The highest BCUT2D eigenvalue weighted by Crippen LogP contribution is 2.31. The second-order valence-corrected chi connectivity index (χ2v) is 5.06. The quantitative estimate of drug-likeness (QED) is 0.743. The molecular weight excluding hydrogens is 212 g/mol. The largest absolute Gasteiger partial charge is 0.497 e. The lowest BCUT2D eigenvalue weighted by Gasteiger charge is -2.25. The molecule has 17 heavy (non-hydrogen) atoms. The van der Waals surface area contributed by atoms with Crippen LogP contribution in [0.25, 0.3) is 0 Å². The lowest BCUT2D eigenvalue weighted by atomic mass is 9.79. The zero-order chi connectivity index (χ0) is 12.3. The molecule has 0 radical (unpaired) electrons. The molecule has 92 valence electrons. The van der Waals surface area contributed by atoms with Gasteiger partial charge in [0.05, 0.1) is 7.11 Å². The van der Waals surface area contributed by atoms with E-state index in [9.17, 15) is 4.79 Å². The van der Waals surface area contributed by atoms with Crippen molar-refractivity contribution in [3.05, 3.63) is 29.8 Å². The molecule has 0 saturated heterocycles. The van der Waals surface area contributed by atoms with Crippen molar-refractivity contribution in [3.63, 3.8) is 0 Å². The van der Waals surface area contributed by atoms with Crippen LogP contribution in [0.2, 0.25) is 0 Å². The van der Waals surface area contributed by atoms with Crippen LogP contribution in [0.5, 0.6) is 5.75 Å². The highest BCUT2D eigenvalue weighted by atomic mass is 16.5. The van der Waals surface area contributed by atoms with Crippen molar-refractivity contribution in [2.24, 2.45) is 11.8 Å². The minimum atomic E-state index is 0.229.